The largest absolute Gasteiger partial charge is 0.307 e. The normalized spacial score (nSPS) is 19.9. The van der Waals surface area contributed by atoms with Gasteiger partial charge in [-0.2, -0.15) is 0 Å². The molecule has 1 aromatic rings. The van der Waals surface area contributed by atoms with Gasteiger partial charge in [0.25, 0.3) is 0 Å². The van der Waals surface area contributed by atoms with Crippen LogP contribution in [-0.2, 0) is 0 Å². The Kier molecular flexibility index (Phi) is 3.37. The van der Waals surface area contributed by atoms with Crippen LogP contribution in [0, 0.1) is 5.92 Å². The quantitative estimate of drug-likeness (QED) is 0.797. The van der Waals surface area contributed by atoms with E-state index in [-0.39, 0.29) is 0 Å². The average Bonchev–Trinajstić information content (AvgIpc) is 3.10. The highest BCUT2D eigenvalue weighted by molar-refractivity contribution is 5.13. The summed E-state index contributed by atoms with van der Waals surface area (Å²) in [5.41, 5.74) is 1.29. The van der Waals surface area contributed by atoms with Crippen LogP contribution in [-0.4, -0.2) is 11.0 Å². The second kappa shape index (κ2) is 4.75. The Hall–Kier alpha value is -0.890. The third-order valence-electron chi connectivity index (χ3n) is 3.28. The summed E-state index contributed by atoms with van der Waals surface area (Å²) in [5, 5.41) is 3.70. The molecular weight excluding hydrogens is 184 g/mol. The first-order chi connectivity index (χ1) is 7.31. The van der Waals surface area contributed by atoms with Crippen molar-refractivity contribution in [1.82, 2.24) is 10.3 Å². The van der Waals surface area contributed by atoms with Gasteiger partial charge in [0.2, 0.25) is 0 Å². The maximum atomic E-state index is 4.16. The predicted octanol–water partition coefficient (Wildman–Crippen LogP) is 2.92. The van der Waals surface area contributed by atoms with Crippen LogP contribution >= 0.6 is 0 Å². The van der Waals surface area contributed by atoms with Crippen LogP contribution in [0.1, 0.15) is 44.7 Å². The molecule has 2 nitrogen and oxygen atoms in total. The summed E-state index contributed by atoms with van der Waals surface area (Å²) >= 11 is 0. The van der Waals surface area contributed by atoms with Gasteiger partial charge in [0.1, 0.15) is 0 Å². The fourth-order valence-corrected chi connectivity index (χ4v) is 2.14. The molecule has 2 heteroatoms. The van der Waals surface area contributed by atoms with Gasteiger partial charge >= 0.3 is 0 Å². The van der Waals surface area contributed by atoms with Gasteiger partial charge in [-0.25, -0.2) is 0 Å². The molecule has 1 saturated carbocycles. The molecule has 0 aliphatic heterocycles. The Bertz CT molecular complexity index is 293. The Balaban J connectivity index is 1.93. The van der Waals surface area contributed by atoms with E-state index < -0.39 is 0 Å². The van der Waals surface area contributed by atoms with Crippen molar-refractivity contribution < 1.29 is 0 Å². The monoisotopic (exact) mass is 204 g/mol. The molecule has 1 aliphatic carbocycles. The molecule has 0 amide bonds. The average molecular weight is 204 g/mol. The molecular formula is C13H20N2. The molecule has 2 rings (SSSR count). The van der Waals surface area contributed by atoms with Crippen molar-refractivity contribution in [3.05, 3.63) is 30.1 Å². The topological polar surface area (TPSA) is 24.9 Å². The van der Waals surface area contributed by atoms with E-state index in [0.717, 1.165) is 5.92 Å². The van der Waals surface area contributed by atoms with Crippen LogP contribution in [0.25, 0.3) is 0 Å². The first-order valence-corrected chi connectivity index (χ1v) is 5.97. The summed E-state index contributed by atoms with van der Waals surface area (Å²) in [6.45, 7) is 4.49. The number of nitrogens with one attached hydrogen (secondary N) is 1. The minimum absolute atomic E-state index is 0.421. The minimum Gasteiger partial charge on any atom is -0.307 e. The van der Waals surface area contributed by atoms with Gasteiger partial charge in [-0.05, 0) is 43.7 Å². The van der Waals surface area contributed by atoms with E-state index in [1.54, 1.807) is 0 Å². The van der Waals surface area contributed by atoms with E-state index in [9.17, 15) is 0 Å². The minimum atomic E-state index is 0.421. The molecule has 0 spiro atoms. The molecule has 1 aliphatic rings. The van der Waals surface area contributed by atoms with E-state index in [2.05, 4.69) is 30.2 Å². The van der Waals surface area contributed by atoms with Crippen molar-refractivity contribution in [2.75, 3.05) is 0 Å². The maximum absolute atomic E-state index is 4.16. The number of hydrogen-bond acceptors (Lipinski definition) is 2. The van der Waals surface area contributed by atoms with E-state index in [4.69, 9.17) is 0 Å². The van der Waals surface area contributed by atoms with Crippen molar-refractivity contribution >= 4 is 0 Å². The molecule has 1 aromatic heterocycles. The van der Waals surface area contributed by atoms with Gasteiger partial charge in [0.15, 0.2) is 0 Å². The molecule has 0 bridgehead atoms. The van der Waals surface area contributed by atoms with Gasteiger partial charge in [0, 0.05) is 24.5 Å². The zero-order valence-electron chi connectivity index (χ0n) is 9.61. The summed E-state index contributed by atoms with van der Waals surface area (Å²) in [6.07, 6.45) is 7.83. The lowest BCUT2D eigenvalue weighted by molar-refractivity contribution is 0.404. The Labute approximate surface area is 92.1 Å². The molecule has 0 saturated heterocycles. The van der Waals surface area contributed by atoms with Gasteiger partial charge in [-0.1, -0.05) is 13.0 Å². The van der Waals surface area contributed by atoms with E-state index >= 15 is 0 Å². The van der Waals surface area contributed by atoms with E-state index in [0.29, 0.717) is 12.1 Å². The zero-order valence-corrected chi connectivity index (χ0v) is 9.61. The van der Waals surface area contributed by atoms with E-state index in [1.165, 1.54) is 24.8 Å². The highest BCUT2D eigenvalue weighted by Gasteiger charge is 2.30. The zero-order chi connectivity index (χ0) is 10.7. The summed E-state index contributed by atoms with van der Waals surface area (Å²) in [6, 6.07) is 5.26. The van der Waals surface area contributed by atoms with Crippen molar-refractivity contribution in [3.8, 4) is 0 Å². The van der Waals surface area contributed by atoms with Gasteiger partial charge in [0.05, 0.1) is 0 Å². The van der Waals surface area contributed by atoms with Crippen LogP contribution in [0.5, 0.6) is 0 Å². The maximum Gasteiger partial charge on any atom is 0.0315 e. The number of aromatic nitrogens is 1. The molecule has 82 valence electrons. The Morgan fingerprint density at radius 2 is 2.33 bits per heavy atom. The highest BCUT2D eigenvalue weighted by atomic mass is 15.0. The van der Waals surface area contributed by atoms with Crippen molar-refractivity contribution in [3.63, 3.8) is 0 Å². The third kappa shape index (κ3) is 2.78. The summed E-state index contributed by atoms with van der Waals surface area (Å²) < 4.78 is 0. The van der Waals surface area contributed by atoms with Gasteiger partial charge < -0.3 is 5.32 Å². The van der Waals surface area contributed by atoms with Crippen molar-refractivity contribution in [2.24, 2.45) is 5.92 Å². The van der Waals surface area contributed by atoms with E-state index in [1.807, 2.05) is 18.5 Å². The highest BCUT2D eigenvalue weighted by Crippen LogP contribution is 2.34. The van der Waals surface area contributed by atoms with Crippen LogP contribution in [0.15, 0.2) is 24.5 Å². The molecule has 15 heavy (non-hydrogen) atoms. The lowest BCUT2D eigenvalue weighted by Crippen LogP contribution is -2.32. The molecule has 0 aromatic carbocycles. The van der Waals surface area contributed by atoms with Crippen LogP contribution in [0.2, 0.25) is 0 Å². The fraction of sp³-hybridized carbons (Fsp3) is 0.615. The molecule has 1 fully saturated rings. The second-order valence-electron chi connectivity index (χ2n) is 4.53. The first kappa shape index (κ1) is 10.6. The Morgan fingerprint density at radius 1 is 1.53 bits per heavy atom. The van der Waals surface area contributed by atoms with Gasteiger partial charge in [-0.3, -0.25) is 4.98 Å². The molecule has 2 unspecified atom stereocenters. The third-order valence-corrected chi connectivity index (χ3v) is 3.28. The predicted molar refractivity (Wildman–Crippen MR) is 62.6 cm³/mol. The molecule has 1 N–H and O–H groups in total. The number of pyridine rings is 1. The number of hydrogen-bond donors (Lipinski definition) is 1. The fourth-order valence-electron chi connectivity index (χ4n) is 2.14. The number of rotatable bonds is 5. The van der Waals surface area contributed by atoms with Crippen LogP contribution in [0.3, 0.4) is 0 Å². The molecule has 0 radical (unpaired) electrons. The number of nitrogens with zero attached hydrogens (tertiary/aromatic N) is 1. The van der Waals surface area contributed by atoms with Crippen LogP contribution < -0.4 is 5.32 Å². The lowest BCUT2D eigenvalue weighted by atomic mass is 10.1. The lowest BCUT2D eigenvalue weighted by Gasteiger charge is -2.22. The molecule has 2 atom stereocenters. The van der Waals surface area contributed by atoms with Crippen LogP contribution in [0.4, 0.5) is 0 Å². The summed E-state index contributed by atoms with van der Waals surface area (Å²) in [4.78, 5) is 4.16. The molecule has 1 heterocycles. The van der Waals surface area contributed by atoms with Crippen molar-refractivity contribution in [1.29, 1.82) is 0 Å². The second-order valence-corrected chi connectivity index (χ2v) is 4.53. The smallest absolute Gasteiger partial charge is 0.0315 e. The standard InChI is InChI=1S/C13H20N2/c1-3-13(11-6-7-11)15-10(2)12-5-4-8-14-9-12/h4-5,8-11,13,15H,3,6-7H2,1-2H3. The summed E-state index contributed by atoms with van der Waals surface area (Å²) in [5.74, 6) is 0.925. The summed E-state index contributed by atoms with van der Waals surface area (Å²) in [7, 11) is 0. The Morgan fingerprint density at radius 3 is 2.87 bits per heavy atom. The van der Waals surface area contributed by atoms with Crippen molar-refractivity contribution in [2.45, 2.75) is 45.2 Å². The SMILES string of the molecule is CCC(NC(C)c1cccnc1)C1CC1. The first-order valence-electron chi connectivity index (χ1n) is 5.97. The van der Waals surface area contributed by atoms with Gasteiger partial charge in [-0.15, -0.1) is 0 Å².